The Hall–Kier alpha value is -0.740. The van der Waals surface area contributed by atoms with Crippen LogP contribution in [0.15, 0.2) is 12.1 Å². The van der Waals surface area contributed by atoms with E-state index in [-0.39, 0.29) is 0 Å². The quantitative estimate of drug-likeness (QED) is 0.733. The van der Waals surface area contributed by atoms with Crippen LogP contribution in [-0.4, -0.2) is 37.6 Å². The highest BCUT2D eigenvalue weighted by Crippen LogP contribution is 2.15. The van der Waals surface area contributed by atoms with Crippen molar-refractivity contribution in [1.82, 2.24) is 10.3 Å². The van der Waals surface area contributed by atoms with Crippen molar-refractivity contribution in [3.05, 3.63) is 23.4 Å². The third kappa shape index (κ3) is 4.86. The zero-order valence-corrected chi connectivity index (χ0v) is 12.8. The van der Waals surface area contributed by atoms with Crippen LogP contribution in [0.2, 0.25) is 0 Å². The summed E-state index contributed by atoms with van der Waals surface area (Å²) in [4.78, 5) is 6.96. The molecule has 0 aliphatic rings. The number of nitrogens with zero attached hydrogens (tertiary/aromatic N) is 2. The summed E-state index contributed by atoms with van der Waals surface area (Å²) in [7, 11) is 4.11. The van der Waals surface area contributed by atoms with Gasteiger partial charge in [-0.3, -0.25) is 0 Å². The van der Waals surface area contributed by atoms with Gasteiger partial charge in [-0.2, -0.15) is 11.8 Å². The van der Waals surface area contributed by atoms with E-state index in [4.69, 9.17) is 4.98 Å². The van der Waals surface area contributed by atoms with Gasteiger partial charge in [0, 0.05) is 25.8 Å². The van der Waals surface area contributed by atoms with Crippen molar-refractivity contribution in [1.29, 1.82) is 0 Å². The number of hydrogen-bond donors (Lipinski definition) is 1. The Morgan fingerprint density at radius 2 is 2.17 bits per heavy atom. The molecule has 1 aromatic rings. The number of aryl methyl sites for hydroxylation is 1. The molecule has 0 bridgehead atoms. The van der Waals surface area contributed by atoms with Crippen molar-refractivity contribution in [3.8, 4) is 0 Å². The van der Waals surface area contributed by atoms with Gasteiger partial charge in [0.15, 0.2) is 0 Å². The highest BCUT2D eigenvalue weighted by Gasteiger charge is 2.06. The van der Waals surface area contributed by atoms with Crippen LogP contribution in [0.4, 0.5) is 5.82 Å². The van der Waals surface area contributed by atoms with Gasteiger partial charge >= 0.3 is 0 Å². The fourth-order valence-corrected chi connectivity index (χ4v) is 2.29. The van der Waals surface area contributed by atoms with Gasteiger partial charge in [-0.15, -0.1) is 0 Å². The predicted octanol–water partition coefficient (Wildman–Crippen LogP) is 2.55. The van der Waals surface area contributed by atoms with Crippen LogP contribution in [0, 0.1) is 0 Å². The SMILES string of the molecule is CCc1cc(CNC)cc(N(C)CCCSC)n1. The van der Waals surface area contributed by atoms with Crippen molar-refractivity contribution in [2.24, 2.45) is 0 Å². The summed E-state index contributed by atoms with van der Waals surface area (Å²) in [6, 6.07) is 4.38. The Labute approximate surface area is 115 Å². The zero-order chi connectivity index (χ0) is 13.4. The number of anilines is 1. The molecule has 4 heteroatoms. The Balaban J connectivity index is 2.75. The number of thioether (sulfide) groups is 1. The van der Waals surface area contributed by atoms with Gasteiger partial charge in [0.1, 0.15) is 5.82 Å². The van der Waals surface area contributed by atoms with Gasteiger partial charge in [0.2, 0.25) is 0 Å². The maximum absolute atomic E-state index is 4.70. The van der Waals surface area contributed by atoms with E-state index in [1.807, 2.05) is 18.8 Å². The van der Waals surface area contributed by atoms with E-state index in [1.165, 1.54) is 23.4 Å². The standard InChI is InChI=1S/C14H25N3S/c1-5-13-9-12(11-15-2)10-14(16-13)17(3)7-6-8-18-4/h9-10,15H,5-8,11H2,1-4H3. The van der Waals surface area contributed by atoms with Gasteiger partial charge < -0.3 is 10.2 Å². The van der Waals surface area contributed by atoms with E-state index in [2.05, 4.69) is 42.6 Å². The van der Waals surface area contributed by atoms with E-state index in [1.54, 1.807) is 0 Å². The summed E-state index contributed by atoms with van der Waals surface area (Å²) < 4.78 is 0. The first-order valence-electron chi connectivity index (χ1n) is 6.55. The first-order chi connectivity index (χ1) is 8.71. The molecule has 1 N–H and O–H groups in total. The van der Waals surface area contributed by atoms with Crippen molar-refractivity contribution >= 4 is 17.6 Å². The van der Waals surface area contributed by atoms with Crippen LogP contribution in [0.25, 0.3) is 0 Å². The van der Waals surface area contributed by atoms with Gasteiger partial charge in [0.05, 0.1) is 0 Å². The molecular formula is C14H25N3S. The monoisotopic (exact) mass is 267 g/mol. The summed E-state index contributed by atoms with van der Waals surface area (Å²) in [6.45, 7) is 4.13. The van der Waals surface area contributed by atoms with Crippen molar-refractivity contribution in [2.75, 3.05) is 37.5 Å². The Kier molecular flexibility index (Phi) is 7.13. The average Bonchev–Trinajstić information content (AvgIpc) is 2.39. The predicted molar refractivity (Wildman–Crippen MR) is 82.6 cm³/mol. The molecule has 102 valence electrons. The van der Waals surface area contributed by atoms with Crippen LogP contribution in [-0.2, 0) is 13.0 Å². The Morgan fingerprint density at radius 1 is 1.39 bits per heavy atom. The first-order valence-corrected chi connectivity index (χ1v) is 7.95. The topological polar surface area (TPSA) is 28.2 Å². The minimum Gasteiger partial charge on any atom is -0.360 e. The Morgan fingerprint density at radius 3 is 2.78 bits per heavy atom. The number of pyridine rings is 1. The lowest BCUT2D eigenvalue weighted by Gasteiger charge is -2.19. The molecule has 0 aromatic carbocycles. The molecule has 3 nitrogen and oxygen atoms in total. The smallest absolute Gasteiger partial charge is 0.128 e. The molecule has 1 heterocycles. The maximum Gasteiger partial charge on any atom is 0.128 e. The number of hydrogen-bond acceptors (Lipinski definition) is 4. The van der Waals surface area contributed by atoms with Crippen LogP contribution in [0.3, 0.4) is 0 Å². The largest absolute Gasteiger partial charge is 0.360 e. The fourth-order valence-electron chi connectivity index (χ4n) is 1.88. The van der Waals surface area contributed by atoms with E-state index in [0.717, 1.165) is 25.3 Å². The van der Waals surface area contributed by atoms with Gasteiger partial charge in [0.25, 0.3) is 0 Å². The molecule has 1 aromatic heterocycles. The molecule has 0 fully saturated rings. The third-order valence-electron chi connectivity index (χ3n) is 2.90. The summed E-state index contributed by atoms with van der Waals surface area (Å²) in [5.74, 6) is 2.31. The highest BCUT2D eigenvalue weighted by atomic mass is 32.2. The van der Waals surface area contributed by atoms with E-state index >= 15 is 0 Å². The lowest BCUT2D eigenvalue weighted by Crippen LogP contribution is -2.21. The fraction of sp³-hybridized carbons (Fsp3) is 0.643. The van der Waals surface area contributed by atoms with E-state index < -0.39 is 0 Å². The number of nitrogens with one attached hydrogen (secondary N) is 1. The minimum atomic E-state index is 0.904. The summed E-state index contributed by atoms with van der Waals surface area (Å²) in [5, 5.41) is 3.20. The third-order valence-corrected chi connectivity index (χ3v) is 3.60. The maximum atomic E-state index is 4.70. The molecule has 0 saturated heterocycles. The van der Waals surface area contributed by atoms with Crippen LogP contribution < -0.4 is 10.2 Å². The second-order valence-corrected chi connectivity index (χ2v) is 5.46. The molecule has 0 amide bonds. The molecule has 0 unspecified atom stereocenters. The number of aromatic nitrogens is 1. The summed E-state index contributed by atoms with van der Waals surface area (Å²) in [5.41, 5.74) is 2.49. The molecule has 0 aliphatic heterocycles. The average molecular weight is 267 g/mol. The molecule has 1 rings (SSSR count). The highest BCUT2D eigenvalue weighted by molar-refractivity contribution is 7.98. The molecule has 0 radical (unpaired) electrons. The zero-order valence-electron chi connectivity index (χ0n) is 12.0. The van der Waals surface area contributed by atoms with Crippen LogP contribution in [0.1, 0.15) is 24.6 Å². The minimum absolute atomic E-state index is 0.904. The normalized spacial score (nSPS) is 10.7. The second-order valence-electron chi connectivity index (χ2n) is 4.48. The van der Waals surface area contributed by atoms with Crippen LogP contribution in [0.5, 0.6) is 0 Å². The van der Waals surface area contributed by atoms with Crippen LogP contribution >= 0.6 is 11.8 Å². The molecular weight excluding hydrogens is 242 g/mol. The first kappa shape index (κ1) is 15.3. The van der Waals surface area contributed by atoms with Gasteiger partial charge in [-0.25, -0.2) is 4.98 Å². The molecule has 18 heavy (non-hydrogen) atoms. The second kappa shape index (κ2) is 8.38. The van der Waals surface area contributed by atoms with Crippen molar-refractivity contribution in [2.45, 2.75) is 26.3 Å². The molecule has 0 atom stereocenters. The summed E-state index contributed by atoms with van der Waals surface area (Å²) in [6.07, 6.45) is 4.35. The van der Waals surface area contributed by atoms with E-state index in [0.29, 0.717) is 0 Å². The molecule has 0 saturated carbocycles. The Bertz CT molecular complexity index is 355. The lowest BCUT2D eigenvalue weighted by molar-refractivity contribution is 0.800. The van der Waals surface area contributed by atoms with E-state index in [9.17, 15) is 0 Å². The van der Waals surface area contributed by atoms with Gasteiger partial charge in [-0.1, -0.05) is 6.92 Å². The summed E-state index contributed by atoms with van der Waals surface area (Å²) >= 11 is 1.90. The molecule has 0 spiro atoms. The lowest BCUT2D eigenvalue weighted by atomic mass is 10.2. The number of rotatable bonds is 8. The van der Waals surface area contributed by atoms with Crippen molar-refractivity contribution < 1.29 is 0 Å². The van der Waals surface area contributed by atoms with Crippen molar-refractivity contribution in [3.63, 3.8) is 0 Å². The van der Waals surface area contributed by atoms with Gasteiger partial charge in [-0.05, 0) is 49.6 Å². The molecule has 0 aliphatic carbocycles.